The van der Waals surface area contributed by atoms with Crippen molar-refractivity contribution >= 4 is 22.9 Å². The fourth-order valence-electron chi connectivity index (χ4n) is 0.425. The number of carboxylic acid groups (broad SMARTS) is 1. The third-order valence-corrected chi connectivity index (χ3v) is 1.61. The number of amidine groups is 1. The predicted octanol–water partition coefficient (Wildman–Crippen LogP) is -0.521. The summed E-state index contributed by atoms with van der Waals surface area (Å²) in [5.74, 6) is -1.00. The molecular formula is C4H5N3O2S. The molecule has 0 spiro atoms. The number of nitrogens with one attached hydrogen (secondary N) is 1. The molecule has 0 unspecified atom stereocenters. The second kappa shape index (κ2) is 2.61. The van der Waals surface area contributed by atoms with Crippen LogP contribution >= 0.6 is 11.8 Å². The monoisotopic (exact) mass is 159 g/mol. The number of carbonyl (C=O) groups is 1. The van der Waals surface area contributed by atoms with Gasteiger partial charge in [0.25, 0.3) is 0 Å². The van der Waals surface area contributed by atoms with Gasteiger partial charge in [0.2, 0.25) is 0 Å². The van der Waals surface area contributed by atoms with Crippen LogP contribution in [0.25, 0.3) is 0 Å². The van der Waals surface area contributed by atoms with Gasteiger partial charge >= 0.3 is 5.97 Å². The standard InChI is InChI=1S/C4H5N3O2S/c5-4-7-6-1-2(10-4)3(8)9/h1,6H,(H2,5,7)(H,8,9). The molecule has 0 saturated carbocycles. The molecule has 0 amide bonds. The molecule has 0 aromatic rings. The maximum atomic E-state index is 10.3. The molecule has 0 atom stereocenters. The van der Waals surface area contributed by atoms with Gasteiger partial charge in [-0.25, -0.2) is 4.79 Å². The normalized spacial score (nSPS) is 16.8. The molecular weight excluding hydrogens is 154 g/mol. The lowest BCUT2D eigenvalue weighted by atomic mass is 10.6. The molecule has 54 valence electrons. The lowest BCUT2D eigenvalue weighted by molar-refractivity contribution is -0.131. The van der Waals surface area contributed by atoms with E-state index >= 15 is 0 Å². The Bertz CT molecular complexity index is 223. The maximum absolute atomic E-state index is 10.3. The Morgan fingerprint density at radius 3 is 3.00 bits per heavy atom. The number of aliphatic carboxylic acids is 1. The van der Waals surface area contributed by atoms with Gasteiger partial charge < -0.3 is 10.8 Å². The van der Waals surface area contributed by atoms with E-state index in [0.717, 1.165) is 11.8 Å². The zero-order chi connectivity index (χ0) is 7.56. The Kier molecular flexibility index (Phi) is 1.81. The molecule has 0 radical (unpaired) electrons. The van der Waals surface area contributed by atoms with Crippen LogP contribution in [0.3, 0.4) is 0 Å². The van der Waals surface area contributed by atoms with Crippen LogP contribution in [0.4, 0.5) is 0 Å². The molecule has 0 saturated heterocycles. The number of nitrogens with two attached hydrogens (primary N) is 1. The zero-order valence-electron chi connectivity index (χ0n) is 4.87. The highest BCUT2D eigenvalue weighted by Crippen LogP contribution is 2.16. The average molecular weight is 159 g/mol. The van der Waals surface area contributed by atoms with Crippen LogP contribution < -0.4 is 11.2 Å². The van der Waals surface area contributed by atoms with E-state index in [-0.39, 0.29) is 10.1 Å². The van der Waals surface area contributed by atoms with Crippen molar-refractivity contribution in [3.63, 3.8) is 0 Å². The summed E-state index contributed by atoms with van der Waals surface area (Å²) in [6, 6.07) is 0. The highest BCUT2D eigenvalue weighted by Gasteiger charge is 2.12. The molecule has 0 fully saturated rings. The van der Waals surface area contributed by atoms with E-state index in [2.05, 4.69) is 10.5 Å². The van der Waals surface area contributed by atoms with Gasteiger partial charge in [-0.05, 0) is 11.8 Å². The van der Waals surface area contributed by atoms with Gasteiger partial charge in [0.15, 0.2) is 5.17 Å². The van der Waals surface area contributed by atoms with Crippen molar-refractivity contribution in [3.8, 4) is 0 Å². The molecule has 1 aliphatic heterocycles. The van der Waals surface area contributed by atoms with Gasteiger partial charge in [-0.15, -0.1) is 0 Å². The van der Waals surface area contributed by atoms with Crippen LogP contribution in [-0.2, 0) is 4.79 Å². The maximum Gasteiger partial charge on any atom is 0.344 e. The minimum Gasteiger partial charge on any atom is -0.477 e. The average Bonchev–Trinajstić information content (AvgIpc) is 1.88. The largest absolute Gasteiger partial charge is 0.477 e. The quantitative estimate of drug-likeness (QED) is 0.479. The van der Waals surface area contributed by atoms with Crippen LogP contribution in [-0.4, -0.2) is 16.2 Å². The minimum absolute atomic E-state index is 0.146. The highest BCUT2D eigenvalue weighted by atomic mass is 32.2. The molecule has 0 aliphatic carbocycles. The van der Waals surface area contributed by atoms with E-state index in [1.54, 1.807) is 0 Å². The fraction of sp³-hybridized carbons (Fsp3) is 0. The number of thioether (sulfide) groups is 1. The number of hydrogen-bond acceptors (Lipinski definition) is 5. The molecule has 0 aromatic heterocycles. The third kappa shape index (κ3) is 1.41. The summed E-state index contributed by atoms with van der Waals surface area (Å²) < 4.78 is 0. The Hall–Kier alpha value is -1.17. The lowest BCUT2D eigenvalue weighted by Gasteiger charge is -2.05. The van der Waals surface area contributed by atoms with Gasteiger partial charge in [0, 0.05) is 6.20 Å². The summed E-state index contributed by atoms with van der Waals surface area (Å²) in [7, 11) is 0. The third-order valence-electron chi connectivity index (χ3n) is 0.796. The molecule has 0 bridgehead atoms. The summed E-state index contributed by atoms with van der Waals surface area (Å²) in [6.45, 7) is 0. The van der Waals surface area contributed by atoms with E-state index < -0.39 is 5.97 Å². The van der Waals surface area contributed by atoms with Crippen LogP contribution in [0.15, 0.2) is 16.2 Å². The van der Waals surface area contributed by atoms with Crippen LogP contribution in [0.1, 0.15) is 0 Å². The van der Waals surface area contributed by atoms with E-state index in [0.29, 0.717) is 0 Å². The van der Waals surface area contributed by atoms with Crippen molar-refractivity contribution in [2.24, 2.45) is 10.8 Å². The Labute approximate surface area is 61.0 Å². The van der Waals surface area contributed by atoms with Gasteiger partial charge in [0.1, 0.15) is 4.91 Å². The molecule has 5 nitrogen and oxygen atoms in total. The fourth-order valence-corrected chi connectivity index (χ4v) is 0.947. The Morgan fingerprint density at radius 1 is 1.90 bits per heavy atom. The highest BCUT2D eigenvalue weighted by molar-refractivity contribution is 8.17. The molecule has 4 N–H and O–H groups in total. The van der Waals surface area contributed by atoms with Gasteiger partial charge in [-0.2, -0.15) is 5.10 Å². The number of nitrogens with zero attached hydrogens (tertiary/aromatic N) is 1. The Morgan fingerprint density at radius 2 is 2.60 bits per heavy atom. The van der Waals surface area contributed by atoms with Crippen molar-refractivity contribution in [2.45, 2.75) is 0 Å². The van der Waals surface area contributed by atoms with E-state index in [1.165, 1.54) is 6.20 Å². The first-order valence-corrected chi connectivity index (χ1v) is 3.22. The Balaban J connectivity index is 2.66. The van der Waals surface area contributed by atoms with E-state index in [9.17, 15) is 4.79 Å². The first-order valence-electron chi connectivity index (χ1n) is 2.40. The van der Waals surface area contributed by atoms with Gasteiger partial charge in [-0.3, -0.25) is 5.43 Å². The summed E-state index contributed by atoms with van der Waals surface area (Å²) in [5, 5.41) is 12.2. The van der Waals surface area contributed by atoms with Crippen LogP contribution in [0, 0.1) is 0 Å². The summed E-state index contributed by atoms with van der Waals surface area (Å²) in [5.41, 5.74) is 7.57. The van der Waals surface area contributed by atoms with Crippen molar-refractivity contribution in [1.29, 1.82) is 0 Å². The lowest BCUT2D eigenvalue weighted by Crippen LogP contribution is -2.18. The molecule has 1 heterocycles. The number of rotatable bonds is 1. The first kappa shape index (κ1) is 6.94. The number of carboxylic acids is 1. The summed E-state index contributed by atoms with van der Waals surface area (Å²) in [4.78, 5) is 10.4. The van der Waals surface area contributed by atoms with Crippen molar-refractivity contribution in [3.05, 3.63) is 11.1 Å². The van der Waals surface area contributed by atoms with E-state index in [4.69, 9.17) is 10.8 Å². The first-order chi connectivity index (χ1) is 4.70. The molecule has 1 aliphatic rings. The summed E-state index contributed by atoms with van der Waals surface area (Å²) in [6.07, 6.45) is 1.28. The topological polar surface area (TPSA) is 87.7 Å². The number of hydrogen-bond donors (Lipinski definition) is 3. The number of hydrazone groups is 1. The molecule has 1 rings (SSSR count). The molecule has 10 heavy (non-hydrogen) atoms. The smallest absolute Gasteiger partial charge is 0.344 e. The van der Waals surface area contributed by atoms with Crippen molar-refractivity contribution in [2.75, 3.05) is 0 Å². The van der Waals surface area contributed by atoms with Crippen LogP contribution in [0.2, 0.25) is 0 Å². The second-order valence-corrected chi connectivity index (χ2v) is 2.56. The zero-order valence-corrected chi connectivity index (χ0v) is 5.68. The second-order valence-electron chi connectivity index (χ2n) is 1.49. The van der Waals surface area contributed by atoms with Gasteiger partial charge in [-0.1, -0.05) is 0 Å². The van der Waals surface area contributed by atoms with Crippen LogP contribution in [0.5, 0.6) is 0 Å². The van der Waals surface area contributed by atoms with Gasteiger partial charge in [0.05, 0.1) is 0 Å². The predicted molar refractivity (Wildman–Crippen MR) is 38.1 cm³/mol. The van der Waals surface area contributed by atoms with E-state index in [1.807, 2.05) is 0 Å². The van der Waals surface area contributed by atoms with Crippen molar-refractivity contribution in [1.82, 2.24) is 5.43 Å². The molecule has 6 heteroatoms. The molecule has 0 aromatic carbocycles. The minimum atomic E-state index is -1.00. The SMILES string of the molecule is NC1=NNC=C(C(=O)O)S1. The summed E-state index contributed by atoms with van der Waals surface area (Å²) >= 11 is 0.921. The van der Waals surface area contributed by atoms with Crippen molar-refractivity contribution < 1.29 is 9.90 Å².